The minimum Gasteiger partial charge on any atom is -0.494 e. The summed E-state index contributed by atoms with van der Waals surface area (Å²) >= 11 is 0. The molecule has 4 heteroatoms. The monoisotopic (exact) mass is 302 g/mol. The molecule has 2 aromatic heterocycles. The highest BCUT2D eigenvalue weighted by atomic mass is 16.5. The lowest BCUT2D eigenvalue weighted by atomic mass is 9.96. The topological polar surface area (TPSA) is 55.0 Å². The van der Waals surface area contributed by atoms with Crippen molar-refractivity contribution in [2.45, 2.75) is 0 Å². The van der Waals surface area contributed by atoms with Crippen LogP contribution in [0.2, 0.25) is 0 Å². The Labute approximate surface area is 132 Å². The molecule has 23 heavy (non-hydrogen) atoms. The number of aromatic amines is 1. The Morgan fingerprint density at radius 1 is 0.913 bits per heavy atom. The SMILES string of the molecule is COc1ccc(-c2cccc3c(=O)[nH]ccc23)c2cccnc12. The Morgan fingerprint density at radius 3 is 2.61 bits per heavy atom. The Bertz CT molecular complexity index is 1080. The quantitative estimate of drug-likeness (QED) is 0.613. The summed E-state index contributed by atoms with van der Waals surface area (Å²) in [6.07, 6.45) is 3.43. The highest BCUT2D eigenvalue weighted by Gasteiger charge is 2.12. The molecule has 4 aromatic rings. The van der Waals surface area contributed by atoms with Crippen LogP contribution in [0.4, 0.5) is 0 Å². The van der Waals surface area contributed by atoms with Crippen molar-refractivity contribution in [1.82, 2.24) is 9.97 Å². The Balaban J connectivity index is 2.12. The van der Waals surface area contributed by atoms with Gasteiger partial charge in [0.05, 0.1) is 7.11 Å². The first-order valence-electron chi connectivity index (χ1n) is 7.32. The van der Waals surface area contributed by atoms with Gasteiger partial charge in [0, 0.05) is 23.2 Å². The summed E-state index contributed by atoms with van der Waals surface area (Å²) in [7, 11) is 1.64. The molecule has 0 aliphatic heterocycles. The number of nitrogens with zero attached hydrogens (tertiary/aromatic N) is 1. The molecule has 0 radical (unpaired) electrons. The van der Waals surface area contributed by atoms with Crippen molar-refractivity contribution in [3.63, 3.8) is 0 Å². The lowest BCUT2D eigenvalue weighted by molar-refractivity contribution is 0.419. The fourth-order valence-electron chi connectivity index (χ4n) is 3.00. The van der Waals surface area contributed by atoms with E-state index in [2.05, 4.69) is 9.97 Å². The van der Waals surface area contributed by atoms with Gasteiger partial charge < -0.3 is 9.72 Å². The van der Waals surface area contributed by atoms with Crippen molar-refractivity contribution >= 4 is 21.7 Å². The van der Waals surface area contributed by atoms with Gasteiger partial charge in [0.15, 0.2) is 0 Å². The van der Waals surface area contributed by atoms with E-state index >= 15 is 0 Å². The summed E-state index contributed by atoms with van der Waals surface area (Å²) in [5.41, 5.74) is 2.77. The molecule has 4 nitrogen and oxygen atoms in total. The molecular weight excluding hydrogens is 288 g/mol. The normalized spacial score (nSPS) is 11.0. The molecule has 4 rings (SSSR count). The second-order valence-corrected chi connectivity index (χ2v) is 5.29. The molecule has 0 atom stereocenters. The number of hydrogen-bond donors (Lipinski definition) is 1. The molecule has 2 heterocycles. The first kappa shape index (κ1) is 13.5. The predicted octanol–water partition coefficient (Wildman–Crippen LogP) is 3.75. The van der Waals surface area contributed by atoms with Gasteiger partial charge in [-0.1, -0.05) is 18.2 Å². The van der Waals surface area contributed by atoms with Crippen molar-refractivity contribution in [3.8, 4) is 16.9 Å². The minimum absolute atomic E-state index is 0.0831. The summed E-state index contributed by atoms with van der Waals surface area (Å²) < 4.78 is 5.41. The number of hydrogen-bond acceptors (Lipinski definition) is 3. The molecule has 1 N–H and O–H groups in total. The maximum absolute atomic E-state index is 12.0. The van der Waals surface area contributed by atoms with E-state index in [1.807, 2.05) is 48.5 Å². The molecule has 0 aliphatic rings. The molecule has 0 amide bonds. The smallest absolute Gasteiger partial charge is 0.255 e. The van der Waals surface area contributed by atoms with Gasteiger partial charge in [-0.05, 0) is 46.8 Å². The highest BCUT2D eigenvalue weighted by molar-refractivity contribution is 6.05. The molecule has 0 fully saturated rings. The lowest BCUT2D eigenvalue weighted by Gasteiger charge is -2.11. The second-order valence-electron chi connectivity index (χ2n) is 5.29. The number of H-pyrrole nitrogens is 1. The molecule has 0 aliphatic carbocycles. The van der Waals surface area contributed by atoms with Crippen molar-refractivity contribution in [2.24, 2.45) is 0 Å². The highest BCUT2D eigenvalue weighted by Crippen LogP contribution is 2.35. The standard InChI is InChI=1S/C19H14N2O2/c1-23-17-8-7-13(15-6-3-10-20-18(15)17)12-4-2-5-16-14(12)9-11-21-19(16)22/h2-11H,1H3,(H,21,22). The van der Waals surface area contributed by atoms with Gasteiger partial charge in [0.1, 0.15) is 11.3 Å². The number of aromatic nitrogens is 2. The van der Waals surface area contributed by atoms with Gasteiger partial charge in [0.25, 0.3) is 5.56 Å². The zero-order chi connectivity index (χ0) is 15.8. The maximum atomic E-state index is 12.0. The van der Waals surface area contributed by atoms with Crippen LogP contribution in [0.5, 0.6) is 5.75 Å². The molecule has 0 spiro atoms. The third-order valence-corrected chi connectivity index (χ3v) is 4.06. The van der Waals surface area contributed by atoms with Crippen LogP contribution < -0.4 is 10.3 Å². The van der Waals surface area contributed by atoms with E-state index < -0.39 is 0 Å². The number of fused-ring (bicyclic) bond motifs is 2. The minimum atomic E-state index is -0.0831. The van der Waals surface area contributed by atoms with Gasteiger partial charge in [-0.2, -0.15) is 0 Å². The molecular formula is C19H14N2O2. The summed E-state index contributed by atoms with van der Waals surface area (Å²) in [6, 6.07) is 15.5. The third-order valence-electron chi connectivity index (χ3n) is 4.06. The maximum Gasteiger partial charge on any atom is 0.255 e. The van der Waals surface area contributed by atoms with Crippen molar-refractivity contribution < 1.29 is 4.74 Å². The van der Waals surface area contributed by atoms with E-state index in [0.717, 1.165) is 33.2 Å². The van der Waals surface area contributed by atoms with Crippen molar-refractivity contribution in [1.29, 1.82) is 0 Å². The average molecular weight is 302 g/mol. The van der Waals surface area contributed by atoms with Crippen LogP contribution in [-0.2, 0) is 0 Å². The summed E-state index contributed by atoms with van der Waals surface area (Å²) in [4.78, 5) is 19.2. The Kier molecular flexibility index (Phi) is 3.08. The molecule has 2 aromatic carbocycles. The molecule has 0 bridgehead atoms. The first-order valence-corrected chi connectivity index (χ1v) is 7.32. The second kappa shape index (κ2) is 5.25. The van der Waals surface area contributed by atoms with Gasteiger partial charge in [-0.15, -0.1) is 0 Å². The Hall–Kier alpha value is -3.14. The number of pyridine rings is 2. The fourth-order valence-corrected chi connectivity index (χ4v) is 3.00. The Morgan fingerprint density at radius 2 is 1.74 bits per heavy atom. The zero-order valence-electron chi connectivity index (χ0n) is 12.5. The van der Waals surface area contributed by atoms with Gasteiger partial charge in [-0.25, -0.2) is 0 Å². The summed E-state index contributed by atoms with van der Waals surface area (Å²) in [5, 5.41) is 2.60. The fraction of sp³-hybridized carbons (Fsp3) is 0.0526. The van der Waals surface area contributed by atoms with E-state index in [1.54, 1.807) is 19.5 Å². The van der Waals surface area contributed by atoms with Crippen LogP contribution in [0.25, 0.3) is 32.8 Å². The van der Waals surface area contributed by atoms with Gasteiger partial charge in [0.2, 0.25) is 0 Å². The molecule has 0 saturated heterocycles. The number of benzene rings is 2. The van der Waals surface area contributed by atoms with E-state index in [1.165, 1.54) is 0 Å². The summed E-state index contributed by atoms with van der Waals surface area (Å²) in [6.45, 7) is 0. The van der Waals surface area contributed by atoms with E-state index in [0.29, 0.717) is 5.39 Å². The number of ether oxygens (including phenoxy) is 1. The van der Waals surface area contributed by atoms with E-state index in [9.17, 15) is 4.79 Å². The van der Waals surface area contributed by atoms with Gasteiger partial charge >= 0.3 is 0 Å². The van der Waals surface area contributed by atoms with E-state index in [-0.39, 0.29) is 5.56 Å². The van der Waals surface area contributed by atoms with E-state index in [4.69, 9.17) is 4.74 Å². The molecule has 112 valence electrons. The van der Waals surface area contributed by atoms with Crippen LogP contribution in [0, 0.1) is 0 Å². The lowest BCUT2D eigenvalue weighted by Crippen LogP contribution is -2.04. The van der Waals surface area contributed by atoms with Crippen LogP contribution >= 0.6 is 0 Å². The van der Waals surface area contributed by atoms with Crippen LogP contribution in [0.15, 0.2) is 65.7 Å². The van der Waals surface area contributed by atoms with Crippen LogP contribution in [0.3, 0.4) is 0 Å². The van der Waals surface area contributed by atoms with Gasteiger partial charge in [-0.3, -0.25) is 9.78 Å². The number of rotatable bonds is 2. The van der Waals surface area contributed by atoms with Crippen molar-refractivity contribution in [2.75, 3.05) is 7.11 Å². The predicted molar refractivity (Wildman–Crippen MR) is 91.9 cm³/mol. The zero-order valence-corrected chi connectivity index (χ0v) is 12.5. The first-order chi connectivity index (χ1) is 11.3. The van der Waals surface area contributed by atoms with Crippen LogP contribution in [-0.4, -0.2) is 17.1 Å². The number of methoxy groups -OCH3 is 1. The third kappa shape index (κ3) is 2.07. The van der Waals surface area contributed by atoms with Crippen molar-refractivity contribution in [3.05, 3.63) is 71.3 Å². The molecule has 0 unspecified atom stereocenters. The van der Waals surface area contributed by atoms with Crippen LogP contribution in [0.1, 0.15) is 0 Å². The molecule has 0 saturated carbocycles. The number of nitrogens with one attached hydrogen (secondary N) is 1. The summed E-state index contributed by atoms with van der Waals surface area (Å²) in [5.74, 6) is 0.738. The largest absolute Gasteiger partial charge is 0.494 e. The average Bonchev–Trinajstić information content (AvgIpc) is 2.61.